The number of rotatable bonds is 9. The first-order valence-electron chi connectivity index (χ1n) is 10.9. The summed E-state index contributed by atoms with van der Waals surface area (Å²) in [6.07, 6.45) is 2.38. The van der Waals surface area contributed by atoms with Crippen molar-refractivity contribution in [2.75, 3.05) is 6.54 Å². The number of fused-ring (bicyclic) bond motifs is 1. The highest BCUT2D eigenvalue weighted by atomic mass is 32.1. The van der Waals surface area contributed by atoms with E-state index in [2.05, 4.69) is 10.3 Å². The highest BCUT2D eigenvalue weighted by Gasteiger charge is 2.22. The maximum Gasteiger partial charge on any atom is 0.341 e. The number of amidine groups is 1. The Morgan fingerprint density at radius 1 is 1.11 bits per heavy atom. The fourth-order valence-corrected chi connectivity index (χ4v) is 4.54. The number of pyridine rings is 1. The largest absolute Gasteiger partial charge is 0.477 e. The molecule has 2 aromatic heterocycles. The number of hydrogen-bond acceptors (Lipinski definition) is 6. The van der Waals surface area contributed by atoms with Gasteiger partial charge >= 0.3 is 5.97 Å². The predicted molar refractivity (Wildman–Crippen MR) is 134 cm³/mol. The van der Waals surface area contributed by atoms with Gasteiger partial charge in [0, 0.05) is 40.3 Å². The van der Waals surface area contributed by atoms with Crippen LogP contribution in [0.25, 0.3) is 10.9 Å². The van der Waals surface area contributed by atoms with Crippen molar-refractivity contribution in [3.05, 3.63) is 97.7 Å². The van der Waals surface area contributed by atoms with Crippen LogP contribution < -0.4 is 16.5 Å². The number of carboxylic acids is 1. The molecule has 4 aromatic rings. The van der Waals surface area contributed by atoms with Gasteiger partial charge in [0.1, 0.15) is 16.4 Å². The van der Waals surface area contributed by atoms with E-state index in [1.54, 1.807) is 48.7 Å². The number of amides is 1. The Labute approximate surface area is 204 Å². The van der Waals surface area contributed by atoms with Crippen molar-refractivity contribution in [2.45, 2.75) is 19.4 Å². The third-order valence-corrected chi connectivity index (χ3v) is 6.37. The number of nitrogen functional groups attached to an aromatic ring is 1. The summed E-state index contributed by atoms with van der Waals surface area (Å²) < 4.78 is 1.83. The summed E-state index contributed by atoms with van der Waals surface area (Å²) in [7, 11) is 0. The van der Waals surface area contributed by atoms with Crippen LogP contribution in [0.2, 0.25) is 0 Å². The van der Waals surface area contributed by atoms with E-state index in [1.807, 2.05) is 16.0 Å². The number of nitrogens with one attached hydrogen (secondary N) is 2. The van der Waals surface area contributed by atoms with Crippen LogP contribution in [0.4, 0.5) is 0 Å². The molecule has 2 heterocycles. The van der Waals surface area contributed by atoms with Gasteiger partial charge in [0.2, 0.25) is 5.43 Å². The Bertz CT molecular complexity index is 1460. The minimum Gasteiger partial charge on any atom is -0.477 e. The molecule has 0 fully saturated rings. The highest BCUT2D eigenvalue weighted by molar-refractivity contribution is 7.09. The molecule has 1 amide bonds. The van der Waals surface area contributed by atoms with Crippen molar-refractivity contribution < 1.29 is 14.7 Å². The molecular weight excluding hydrogens is 466 g/mol. The zero-order valence-corrected chi connectivity index (χ0v) is 19.5. The zero-order valence-electron chi connectivity index (χ0n) is 18.7. The smallest absolute Gasteiger partial charge is 0.341 e. The lowest BCUT2D eigenvalue weighted by Gasteiger charge is -2.18. The average Bonchev–Trinajstić information content (AvgIpc) is 3.37. The second-order valence-electron chi connectivity index (χ2n) is 7.84. The van der Waals surface area contributed by atoms with Gasteiger partial charge in [-0.05, 0) is 37.1 Å². The quantitative estimate of drug-likeness (QED) is 0.161. The van der Waals surface area contributed by atoms with Gasteiger partial charge in [0.05, 0.1) is 12.1 Å². The van der Waals surface area contributed by atoms with Crippen LogP contribution in [-0.2, 0) is 13.0 Å². The van der Waals surface area contributed by atoms with E-state index in [4.69, 9.17) is 11.1 Å². The Morgan fingerprint density at radius 2 is 1.83 bits per heavy atom. The highest BCUT2D eigenvalue weighted by Crippen LogP contribution is 2.21. The van der Waals surface area contributed by atoms with E-state index >= 15 is 0 Å². The first kappa shape index (κ1) is 23.8. The van der Waals surface area contributed by atoms with Crippen molar-refractivity contribution in [1.29, 1.82) is 5.41 Å². The lowest BCUT2D eigenvalue weighted by atomic mass is 10.0. The van der Waals surface area contributed by atoms with Gasteiger partial charge in [-0.2, -0.15) is 0 Å². The molecule has 9 nitrogen and oxygen atoms in total. The van der Waals surface area contributed by atoms with Gasteiger partial charge < -0.3 is 20.7 Å². The predicted octanol–water partition coefficient (Wildman–Crippen LogP) is 2.85. The summed E-state index contributed by atoms with van der Waals surface area (Å²) in [5.74, 6) is -1.65. The number of para-hydroxylation sites is 1. The minimum absolute atomic E-state index is 0.0784. The van der Waals surface area contributed by atoms with E-state index in [0.717, 1.165) is 5.01 Å². The second-order valence-corrected chi connectivity index (χ2v) is 8.81. The first-order chi connectivity index (χ1) is 16.9. The number of benzene rings is 2. The van der Waals surface area contributed by atoms with Crippen LogP contribution in [0.5, 0.6) is 0 Å². The SMILES string of the molecule is N=C(N)c1ccc(C(=O)NCCCc2c(C(=O)O)c(=O)c3ccccc3n2Cc2nccs2)cc1. The van der Waals surface area contributed by atoms with Crippen LogP contribution in [0.15, 0.2) is 64.9 Å². The van der Waals surface area contributed by atoms with Crippen LogP contribution in [0, 0.1) is 5.41 Å². The maximum atomic E-state index is 13.0. The molecule has 0 bridgehead atoms. The number of carboxylic acid groups (broad SMARTS) is 1. The fourth-order valence-electron chi connectivity index (χ4n) is 3.94. The monoisotopic (exact) mass is 489 g/mol. The Hall–Kier alpha value is -4.31. The van der Waals surface area contributed by atoms with Gasteiger partial charge in [-0.1, -0.05) is 24.3 Å². The molecule has 0 unspecified atom stereocenters. The first-order valence-corrected chi connectivity index (χ1v) is 11.7. The van der Waals surface area contributed by atoms with Crippen LogP contribution in [-0.4, -0.2) is 38.9 Å². The van der Waals surface area contributed by atoms with Crippen molar-refractivity contribution in [3.8, 4) is 0 Å². The van der Waals surface area contributed by atoms with Crippen molar-refractivity contribution in [2.24, 2.45) is 5.73 Å². The van der Waals surface area contributed by atoms with E-state index in [9.17, 15) is 19.5 Å². The second kappa shape index (κ2) is 10.3. The standard InChI is InChI=1S/C25H23N5O4S/c26-23(27)15-7-9-16(10-8-15)24(32)29-11-3-6-19-21(25(33)34)22(31)17-4-1-2-5-18(17)30(19)14-20-28-12-13-35-20/h1-2,4-5,7-10,12-13H,3,6,11,14H2,(H3,26,27)(H,29,32)(H,33,34). The maximum absolute atomic E-state index is 13.0. The summed E-state index contributed by atoms with van der Waals surface area (Å²) in [6.45, 7) is 0.619. The molecule has 0 saturated carbocycles. The molecule has 4 rings (SSSR count). The number of thiazole rings is 1. The number of nitrogens with zero attached hydrogens (tertiary/aromatic N) is 2. The lowest BCUT2D eigenvalue weighted by molar-refractivity contribution is 0.0692. The van der Waals surface area contributed by atoms with Crippen LogP contribution >= 0.6 is 11.3 Å². The van der Waals surface area contributed by atoms with Crippen LogP contribution in [0.1, 0.15) is 43.4 Å². The Kier molecular flexibility index (Phi) is 7.02. The topological polar surface area (TPSA) is 151 Å². The Balaban J connectivity index is 1.58. The number of aromatic nitrogens is 2. The van der Waals surface area contributed by atoms with E-state index in [-0.39, 0.29) is 30.3 Å². The van der Waals surface area contributed by atoms with Gasteiger partial charge in [-0.25, -0.2) is 9.78 Å². The molecule has 0 atom stereocenters. The summed E-state index contributed by atoms with van der Waals surface area (Å²) in [5, 5.41) is 23.1. The molecule has 178 valence electrons. The summed E-state index contributed by atoms with van der Waals surface area (Å²) in [5.41, 5.74) is 6.65. The summed E-state index contributed by atoms with van der Waals surface area (Å²) in [6, 6.07) is 13.3. The van der Waals surface area contributed by atoms with Gasteiger partial charge in [0.15, 0.2) is 0 Å². The number of carbonyl (C=O) groups excluding carboxylic acids is 1. The molecule has 0 saturated heterocycles. The molecular formula is C25H23N5O4S. The van der Waals surface area contributed by atoms with Crippen molar-refractivity contribution >= 4 is 40.0 Å². The van der Waals surface area contributed by atoms with Gasteiger partial charge in [-0.3, -0.25) is 15.0 Å². The van der Waals surface area contributed by atoms with E-state index < -0.39 is 11.4 Å². The molecule has 10 heteroatoms. The number of carbonyl (C=O) groups is 2. The molecule has 0 aliphatic carbocycles. The molecule has 35 heavy (non-hydrogen) atoms. The van der Waals surface area contributed by atoms with E-state index in [0.29, 0.717) is 40.7 Å². The number of nitrogens with two attached hydrogens (primary N) is 1. The number of aromatic carboxylic acids is 1. The molecule has 0 aliphatic rings. The van der Waals surface area contributed by atoms with Crippen LogP contribution in [0.3, 0.4) is 0 Å². The molecule has 0 spiro atoms. The van der Waals surface area contributed by atoms with Gasteiger partial charge in [-0.15, -0.1) is 11.3 Å². The zero-order chi connectivity index (χ0) is 24.9. The van der Waals surface area contributed by atoms with E-state index in [1.165, 1.54) is 11.3 Å². The third-order valence-electron chi connectivity index (χ3n) is 5.61. The summed E-state index contributed by atoms with van der Waals surface area (Å²) in [4.78, 5) is 42.0. The molecule has 0 aliphatic heterocycles. The number of hydrogen-bond donors (Lipinski definition) is 4. The molecule has 0 radical (unpaired) electrons. The Morgan fingerprint density at radius 3 is 2.49 bits per heavy atom. The third kappa shape index (κ3) is 5.12. The minimum atomic E-state index is -1.28. The van der Waals surface area contributed by atoms with Crippen molar-refractivity contribution in [1.82, 2.24) is 14.9 Å². The summed E-state index contributed by atoms with van der Waals surface area (Å²) >= 11 is 1.45. The van der Waals surface area contributed by atoms with Crippen molar-refractivity contribution in [3.63, 3.8) is 0 Å². The lowest BCUT2D eigenvalue weighted by Crippen LogP contribution is -2.27. The normalized spacial score (nSPS) is 10.9. The van der Waals surface area contributed by atoms with Gasteiger partial charge in [0.25, 0.3) is 5.91 Å². The fraction of sp³-hybridized carbons (Fsp3) is 0.160. The molecule has 2 aromatic carbocycles. The average molecular weight is 490 g/mol. The molecule has 5 N–H and O–H groups in total.